The Bertz CT molecular complexity index is 3810. The Balaban J connectivity index is 0.00000567. The maximum Gasteiger partial charge on any atom is 1.00 e. The second-order valence-corrected chi connectivity index (χ2v) is 28.9. The van der Waals surface area contributed by atoms with Gasteiger partial charge in [0.15, 0.2) is 5.71 Å². The van der Waals surface area contributed by atoms with Crippen LogP contribution in [0.15, 0.2) is 140 Å². The van der Waals surface area contributed by atoms with Crippen molar-refractivity contribution in [3.63, 3.8) is 0 Å². The minimum Gasteiger partial charge on any atom is -0.748 e. The first kappa shape index (κ1) is 96.3. The average molecular weight is 1550 g/mol. The summed E-state index contributed by atoms with van der Waals surface area (Å²) < 4.78 is 102. The third kappa shape index (κ3) is 26.8. The number of anilines is 2. The van der Waals surface area contributed by atoms with Gasteiger partial charge in [-0.1, -0.05) is 32.4 Å². The van der Waals surface area contributed by atoms with Gasteiger partial charge in [0.2, 0.25) is 11.6 Å². The molecule has 0 fully saturated rings. The molecular formula is C61H68N5Na6O22S6+. The molecule has 1 aliphatic carbocycles. The van der Waals surface area contributed by atoms with Crippen LogP contribution < -0.4 is 218 Å². The predicted molar refractivity (Wildman–Crippen MR) is 338 cm³/mol. The number of hydrogen-bond acceptors (Lipinski definition) is 28. The maximum atomic E-state index is 12.9. The van der Waals surface area contributed by atoms with Crippen molar-refractivity contribution in [2.45, 2.75) is 117 Å². The quantitative estimate of drug-likeness (QED) is 0.00636. The Hall–Kier alpha value is 0.260. The van der Waals surface area contributed by atoms with Gasteiger partial charge in [-0.25, -0.2) is 16.8 Å². The largest absolute Gasteiger partial charge is 1.00 e. The monoisotopic (exact) mass is 1550 g/mol. The number of unbranched alkanes of at least 4 members (excludes halogenated alkanes) is 2. The molecule has 3 amide bonds. The van der Waals surface area contributed by atoms with Crippen LogP contribution in [0.1, 0.15) is 103 Å². The summed E-state index contributed by atoms with van der Waals surface area (Å²) in [5.41, 5.74) is 5.40. The molecule has 0 spiro atoms. The molecule has 0 unspecified atom stereocenters. The maximum absolute atomic E-state index is 12.9. The number of carbonyl (C=O) groups excluding carboxylic acids is 3. The van der Waals surface area contributed by atoms with Gasteiger partial charge in [-0.2, -0.15) is 21.9 Å². The van der Waals surface area contributed by atoms with Crippen LogP contribution in [0.5, 0.6) is 5.75 Å². The average Bonchev–Trinajstić information content (AvgIpc) is 1.55. The molecule has 3 aliphatic heterocycles. The van der Waals surface area contributed by atoms with E-state index in [1.54, 1.807) is 42.5 Å². The number of rotatable bonds is 38. The van der Waals surface area contributed by atoms with Crippen molar-refractivity contribution in [1.82, 2.24) is 10.2 Å². The number of benzene rings is 4. The van der Waals surface area contributed by atoms with Crippen molar-refractivity contribution in [3.05, 3.63) is 137 Å². The van der Waals surface area contributed by atoms with Gasteiger partial charge in [-0.3, -0.25) is 39.4 Å². The minimum absolute atomic E-state index is 0. The number of carbonyl (C=O) groups is 3. The first-order chi connectivity index (χ1) is 45.0. The van der Waals surface area contributed by atoms with Crippen molar-refractivity contribution in [2.75, 3.05) is 66.3 Å². The van der Waals surface area contributed by atoms with Crippen LogP contribution in [0.2, 0.25) is 0 Å². The number of nitrogens with zero attached hydrogens (tertiary/aromatic N) is 4. The van der Waals surface area contributed by atoms with Crippen molar-refractivity contribution in [2.24, 2.45) is 0 Å². The zero-order valence-electron chi connectivity index (χ0n) is 57.5. The van der Waals surface area contributed by atoms with E-state index in [-0.39, 0.29) is 226 Å². The Morgan fingerprint density at radius 2 is 1.30 bits per heavy atom. The number of amides is 3. The second kappa shape index (κ2) is 46.7. The molecule has 0 atom stereocenters. The van der Waals surface area contributed by atoms with Gasteiger partial charge < -0.3 is 50.0 Å². The molecule has 3 heterocycles. The van der Waals surface area contributed by atoms with E-state index < -0.39 is 53.5 Å². The number of ether oxygens (including phenoxy) is 1. The van der Waals surface area contributed by atoms with Crippen molar-refractivity contribution >= 4 is 120 Å². The number of hydrogen-bond donors (Lipinski definition) is 1. The first-order valence-corrected chi connectivity index (χ1v) is 36.0. The summed E-state index contributed by atoms with van der Waals surface area (Å²) in [7, 11) is -9.67. The van der Waals surface area contributed by atoms with E-state index in [2.05, 4.69) is 72.5 Å². The molecule has 510 valence electrons. The van der Waals surface area contributed by atoms with Gasteiger partial charge in [0, 0.05) is 149 Å². The van der Waals surface area contributed by atoms with Gasteiger partial charge in [-0.05, 0) is 153 Å². The fourth-order valence-electron chi connectivity index (χ4n) is 12.0. The van der Waals surface area contributed by atoms with E-state index in [0.29, 0.717) is 140 Å². The molecule has 8 rings (SSSR count). The third-order valence-electron chi connectivity index (χ3n) is 16.2. The van der Waals surface area contributed by atoms with Crippen molar-refractivity contribution in [1.29, 1.82) is 0 Å². The van der Waals surface area contributed by atoms with Crippen LogP contribution in [0, 0.1) is 0 Å². The zero-order valence-corrected chi connectivity index (χ0v) is 74.4. The van der Waals surface area contributed by atoms with Crippen LogP contribution in [-0.4, -0.2) is 115 Å². The Morgan fingerprint density at radius 1 is 0.670 bits per heavy atom. The van der Waals surface area contributed by atoms with Gasteiger partial charge in [0.25, 0.3) is 11.8 Å². The Labute approximate surface area is 731 Å². The molecule has 4 aromatic carbocycles. The second-order valence-electron chi connectivity index (χ2n) is 22.9. The van der Waals surface area contributed by atoms with Gasteiger partial charge in [-0.15, -0.1) is 0 Å². The molecule has 39 heteroatoms. The Kier molecular flexibility index (Phi) is 45.0. The summed E-state index contributed by atoms with van der Waals surface area (Å²) in [6.07, 6.45) is 15.0. The van der Waals surface area contributed by atoms with E-state index in [1.165, 1.54) is 12.2 Å². The number of imide groups is 1. The predicted octanol–water partition coefficient (Wildman–Crippen LogP) is -11.8. The molecular weight excluding hydrogens is 1490 g/mol. The molecule has 1 N–H and O–H groups in total. The van der Waals surface area contributed by atoms with E-state index >= 15 is 0 Å². The number of nitrogens with one attached hydrogen (secondary N) is 1. The third-order valence-corrected chi connectivity index (χ3v) is 20.2. The standard InChI is InChI=1S/C61H73N5O22S6.6Na/c1-60(2)49-38-43(63(30-9-35-89-85-81-70)31-10-36-90-86-82-71)17-23-50(49)64(33-11-37-93(74,75)76)53(60)25-15-41-12-8-13-42(59(41)80-44-18-20-45(21-19-44)91-87-83-72)16-26-54-61(3,4)58-48-39-46(92-88-84-73)40-52(94(77,78)79)47(48)22-24-51(58)65(54)32-7-5-6-14-55(67)62-29-34-66-56(68)27-28-57(66)69;;;;;;/h15-28,38-40H,5-14,29-37H2,1-4H3,(H6-,62,67,70,71,72,73,74,75,76,77,78,79);;;;;;/q;6*+1/p-5. The zero-order chi connectivity index (χ0) is 67.6. The fraction of sp³-hybridized carbons (Fsp3) is 0.410. The van der Waals surface area contributed by atoms with Gasteiger partial charge in [0.1, 0.15) is 28.2 Å². The topological polar surface area (TPSA) is 366 Å². The van der Waals surface area contributed by atoms with Crippen LogP contribution in [-0.2, 0) is 82.9 Å². The van der Waals surface area contributed by atoms with Crippen molar-refractivity contribution in [3.8, 4) is 5.75 Å². The molecule has 4 aliphatic rings. The molecule has 0 saturated heterocycles. The van der Waals surface area contributed by atoms with Crippen LogP contribution >= 0.6 is 48.2 Å². The molecule has 0 aromatic heterocycles. The number of fused-ring (bicyclic) bond motifs is 4. The summed E-state index contributed by atoms with van der Waals surface area (Å²) in [5.74, 6) is 0.0781. The van der Waals surface area contributed by atoms with Gasteiger partial charge in [0.05, 0.1) is 44.5 Å². The van der Waals surface area contributed by atoms with E-state index in [9.17, 15) is 61.4 Å². The molecule has 100 heavy (non-hydrogen) atoms. The van der Waals surface area contributed by atoms with Crippen LogP contribution in [0.4, 0.5) is 17.1 Å². The van der Waals surface area contributed by atoms with Gasteiger partial charge >= 0.3 is 177 Å². The molecule has 0 bridgehead atoms. The first-order valence-electron chi connectivity index (χ1n) is 29.7. The van der Waals surface area contributed by atoms with Crippen LogP contribution in [0.3, 0.4) is 0 Å². The Morgan fingerprint density at radius 3 is 1.91 bits per heavy atom. The molecule has 4 aromatic rings. The fourth-order valence-corrected chi connectivity index (χ4v) is 14.8. The summed E-state index contributed by atoms with van der Waals surface area (Å²) >= 11 is 2.90. The van der Waals surface area contributed by atoms with E-state index in [4.69, 9.17) is 4.74 Å². The summed E-state index contributed by atoms with van der Waals surface area (Å²) in [5, 5.41) is 60.2. The summed E-state index contributed by atoms with van der Waals surface area (Å²) in [6.45, 7) is 9.83. The molecule has 0 radical (unpaired) electrons. The smallest absolute Gasteiger partial charge is 0.748 e. The SMILES string of the molecule is CC1(C)C(/C=C/C2=C(Oc3ccc(SOO[O-])cc3)C(=C/C=C3/N(CCCCCC(=O)NCCN4C(=O)C=CC4=O)c4ccc5c(S(=O)(=O)[O-])cc(SOO[O-])cc5c4C3(C)C)/CCC2)=[N+](CCCS(=O)(=O)[O-])c2ccc(N(CCCSOO[O-])CCCSOO[O-])cc21.[Na+].[Na+].[Na+].[Na+].[Na+].[Na+]. The molecule has 27 nitrogen and oxygen atoms in total. The normalized spacial score (nSPS) is 16.1. The van der Waals surface area contributed by atoms with E-state index in [1.807, 2.05) is 54.9 Å². The molecule has 0 saturated carbocycles. The minimum atomic E-state index is -5.09. The summed E-state index contributed by atoms with van der Waals surface area (Å²) in [6, 6.07) is 18.8. The van der Waals surface area contributed by atoms with Crippen molar-refractivity contribution < 1.29 is 285 Å². The van der Waals surface area contributed by atoms with E-state index in [0.717, 1.165) is 74.5 Å². The van der Waals surface area contributed by atoms with Crippen LogP contribution in [0.25, 0.3) is 10.8 Å². The summed E-state index contributed by atoms with van der Waals surface area (Å²) in [4.78, 5) is 42.4. The number of allylic oxidation sites excluding steroid dienone is 7.